The molecule has 0 fully saturated rings. The van der Waals surface area contributed by atoms with Crippen LogP contribution in [0.4, 0.5) is 11.4 Å². The van der Waals surface area contributed by atoms with Crippen LogP contribution in [0.2, 0.25) is 0 Å². The number of amides is 1. The summed E-state index contributed by atoms with van der Waals surface area (Å²) in [5.41, 5.74) is 6.04. The Bertz CT molecular complexity index is 604. The van der Waals surface area contributed by atoms with Gasteiger partial charge in [0.25, 0.3) is 0 Å². The summed E-state index contributed by atoms with van der Waals surface area (Å²) in [6.07, 6.45) is 1.09. The third-order valence-electron chi connectivity index (χ3n) is 2.42. The molecule has 1 aromatic carbocycles. The van der Waals surface area contributed by atoms with E-state index in [-0.39, 0.29) is 28.6 Å². The number of carbonyl (C=O) groups excluding carboxylic acids is 1. The largest absolute Gasteiger partial charge is 0.396 e. The number of rotatable bonds is 4. The van der Waals surface area contributed by atoms with Gasteiger partial charge in [0.05, 0.1) is 22.8 Å². The van der Waals surface area contributed by atoms with Crippen LogP contribution in [0.25, 0.3) is 0 Å². The van der Waals surface area contributed by atoms with Gasteiger partial charge in [-0.1, -0.05) is 6.07 Å². The summed E-state index contributed by atoms with van der Waals surface area (Å²) in [6, 6.07) is 4.65. The summed E-state index contributed by atoms with van der Waals surface area (Å²) < 4.78 is 23.1. The smallest absolute Gasteiger partial charge is 0.239 e. The molecule has 112 valence electrons. The number of hydrogen-bond acceptors (Lipinski definition) is 5. The number of anilines is 2. The fourth-order valence-corrected chi connectivity index (χ4v) is 2.49. The first kappa shape index (κ1) is 16.3. The van der Waals surface area contributed by atoms with Crippen molar-refractivity contribution in [2.45, 2.75) is 31.2 Å². The standard InChI is InChI=1S/C13H21N3O3S/c1-13(2,3)16-11(17)8-15-9-6-5-7-10(12(9)14)20(4,18)19/h5-7,15H,8,14H2,1-4H3,(H,16,17). The molecular formula is C13H21N3O3S. The highest BCUT2D eigenvalue weighted by molar-refractivity contribution is 7.90. The third-order valence-corrected chi connectivity index (χ3v) is 3.57. The van der Waals surface area contributed by atoms with Crippen LogP contribution < -0.4 is 16.4 Å². The summed E-state index contributed by atoms with van der Waals surface area (Å²) in [4.78, 5) is 11.7. The molecule has 0 heterocycles. The van der Waals surface area contributed by atoms with Crippen LogP contribution >= 0.6 is 0 Å². The number of para-hydroxylation sites is 1. The van der Waals surface area contributed by atoms with Crippen molar-refractivity contribution in [2.75, 3.05) is 23.9 Å². The van der Waals surface area contributed by atoms with Gasteiger partial charge in [0.1, 0.15) is 0 Å². The normalized spacial score (nSPS) is 12.0. The predicted molar refractivity (Wildman–Crippen MR) is 80.3 cm³/mol. The summed E-state index contributed by atoms with van der Waals surface area (Å²) >= 11 is 0. The number of benzene rings is 1. The van der Waals surface area contributed by atoms with Crippen molar-refractivity contribution in [2.24, 2.45) is 0 Å². The van der Waals surface area contributed by atoms with Crippen LogP contribution in [-0.4, -0.2) is 32.7 Å². The van der Waals surface area contributed by atoms with E-state index in [2.05, 4.69) is 10.6 Å². The lowest BCUT2D eigenvalue weighted by molar-refractivity contribution is -0.120. The lowest BCUT2D eigenvalue weighted by Gasteiger charge is -2.21. The highest BCUT2D eigenvalue weighted by Crippen LogP contribution is 2.26. The van der Waals surface area contributed by atoms with Gasteiger partial charge in [-0.25, -0.2) is 8.42 Å². The second-order valence-electron chi connectivity index (χ2n) is 5.64. The number of carbonyl (C=O) groups is 1. The van der Waals surface area contributed by atoms with Crippen molar-refractivity contribution in [3.05, 3.63) is 18.2 Å². The zero-order valence-corrected chi connectivity index (χ0v) is 13.0. The molecule has 0 bridgehead atoms. The minimum absolute atomic E-state index is 0.0225. The highest BCUT2D eigenvalue weighted by Gasteiger charge is 2.16. The molecule has 0 unspecified atom stereocenters. The molecule has 0 aromatic heterocycles. The van der Waals surface area contributed by atoms with E-state index in [1.807, 2.05) is 20.8 Å². The molecule has 7 heteroatoms. The molecule has 0 atom stereocenters. The summed E-state index contributed by atoms with van der Waals surface area (Å²) in [5.74, 6) is -0.193. The molecule has 0 aliphatic heterocycles. The molecule has 0 saturated heterocycles. The Morgan fingerprint density at radius 2 is 1.90 bits per heavy atom. The van der Waals surface area contributed by atoms with E-state index in [1.165, 1.54) is 6.07 Å². The Kier molecular flexibility index (Phi) is 4.65. The van der Waals surface area contributed by atoms with Crippen LogP contribution in [0.1, 0.15) is 20.8 Å². The first-order valence-corrected chi connectivity index (χ1v) is 8.03. The van der Waals surface area contributed by atoms with E-state index in [1.54, 1.807) is 12.1 Å². The van der Waals surface area contributed by atoms with Gasteiger partial charge in [-0.15, -0.1) is 0 Å². The molecule has 0 aliphatic carbocycles. The monoisotopic (exact) mass is 299 g/mol. The highest BCUT2D eigenvalue weighted by atomic mass is 32.2. The maximum atomic E-state index is 11.7. The SMILES string of the molecule is CC(C)(C)NC(=O)CNc1cccc(S(C)(=O)=O)c1N. The van der Waals surface area contributed by atoms with Gasteiger partial charge in [0, 0.05) is 11.8 Å². The fraction of sp³-hybridized carbons (Fsp3) is 0.462. The Morgan fingerprint density at radius 3 is 2.40 bits per heavy atom. The van der Waals surface area contributed by atoms with Gasteiger partial charge >= 0.3 is 0 Å². The summed E-state index contributed by atoms with van der Waals surface area (Å²) in [6.45, 7) is 5.66. The second kappa shape index (κ2) is 5.70. The van der Waals surface area contributed by atoms with Crippen LogP contribution in [0, 0.1) is 0 Å². The summed E-state index contributed by atoms with van der Waals surface area (Å²) in [7, 11) is -3.39. The van der Waals surface area contributed by atoms with Gasteiger partial charge in [-0.05, 0) is 32.9 Å². The molecule has 0 saturated carbocycles. The average molecular weight is 299 g/mol. The maximum absolute atomic E-state index is 11.7. The number of nitrogen functional groups attached to an aromatic ring is 1. The topological polar surface area (TPSA) is 101 Å². The van der Waals surface area contributed by atoms with Gasteiger partial charge in [-0.3, -0.25) is 4.79 Å². The number of nitrogens with one attached hydrogen (secondary N) is 2. The number of hydrogen-bond donors (Lipinski definition) is 3. The quantitative estimate of drug-likeness (QED) is 0.720. The van der Waals surface area contributed by atoms with Crippen LogP contribution in [0.5, 0.6) is 0 Å². The first-order chi connectivity index (χ1) is 9.00. The van der Waals surface area contributed by atoms with E-state index < -0.39 is 9.84 Å². The molecular weight excluding hydrogens is 278 g/mol. The lowest BCUT2D eigenvalue weighted by atomic mass is 10.1. The van der Waals surface area contributed by atoms with E-state index in [9.17, 15) is 13.2 Å². The van der Waals surface area contributed by atoms with Crippen molar-refractivity contribution in [1.29, 1.82) is 0 Å². The van der Waals surface area contributed by atoms with Crippen LogP contribution in [0.3, 0.4) is 0 Å². The van der Waals surface area contributed by atoms with Gasteiger partial charge < -0.3 is 16.4 Å². The summed E-state index contributed by atoms with van der Waals surface area (Å²) in [5, 5.41) is 5.64. The van der Waals surface area contributed by atoms with Gasteiger partial charge in [0.2, 0.25) is 5.91 Å². The molecule has 0 radical (unpaired) electrons. The molecule has 1 amide bonds. The molecule has 0 aliphatic rings. The Hall–Kier alpha value is -1.76. The average Bonchev–Trinajstić information content (AvgIpc) is 2.23. The van der Waals surface area contributed by atoms with Crippen molar-refractivity contribution < 1.29 is 13.2 Å². The first-order valence-electron chi connectivity index (χ1n) is 6.14. The van der Waals surface area contributed by atoms with Crippen LogP contribution in [-0.2, 0) is 14.6 Å². The minimum atomic E-state index is -3.39. The van der Waals surface area contributed by atoms with Gasteiger partial charge in [-0.2, -0.15) is 0 Å². The maximum Gasteiger partial charge on any atom is 0.239 e. The molecule has 6 nitrogen and oxygen atoms in total. The second-order valence-corrected chi connectivity index (χ2v) is 7.63. The Labute approximate surface area is 119 Å². The van der Waals surface area contributed by atoms with Gasteiger partial charge in [0.15, 0.2) is 9.84 Å². The molecule has 20 heavy (non-hydrogen) atoms. The zero-order valence-electron chi connectivity index (χ0n) is 12.1. The van der Waals surface area contributed by atoms with Crippen molar-refractivity contribution in [3.63, 3.8) is 0 Å². The lowest BCUT2D eigenvalue weighted by Crippen LogP contribution is -2.43. The zero-order chi connectivity index (χ0) is 15.6. The Morgan fingerprint density at radius 1 is 1.30 bits per heavy atom. The molecule has 1 rings (SSSR count). The van der Waals surface area contributed by atoms with Crippen molar-refractivity contribution in [3.8, 4) is 0 Å². The fourth-order valence-electron chi connectivity index (χ4n) is 1.66. The molecule has 0 spiro atoms. The van der Waals surface area contributed by atoms with E-state index in [0.717, 1.165) is 6.26 Å². The predicted octanol–water partition coefficient (Wildman–Crippen LogP) is 0.999. The Balaban J connectivity index is 2.83. The third kappa shape index (κ3) is 4.73. The number of nitrogens with two attached hydrogens (primary N) is 1. The molecule has 1 aromatic rings. The van der Waals surface area contributed by atoms with Crippen LogP contribution in [0.15, 0.2) is 23.1 Å². The van der Waals surface area contributed by atoms with E-state index in [4.69, 9.17) is 5.73 Å². The minimum Gasteiger partial charge on any atom is -0.396 e. The van der Waals surface area contributed by atoms with E-state index in [0.29, 0.717) is 5.69 Å². The van der Waals surface area contributed by atoms with E-state index >= 15 is 0 Å². The number of sulfone groups is 1. The van der Waals surface area contributed by atoms with Crippen molar-refractivity contribution >= 4 is 27.1 Å². The van der Waals surface area contributed by atoms with Crippen molar-refractivity contribution in [1.82, 2.24) is 5.32 Å². The molecule has 4 N–H and O–H groups in total.